The van der Waals surface area contributed by atoms with Crippen molar-refractivity contribution in [3.05, 3.63) is 0 Å². The molecule has 0 aromatic heterocycles. The highest BCUT2D eigenvalue weighted by atomic mass is 15.2. The van der Waals surface area contributed by atoms with E-state index in [0.717, 1.165) is 18.1 Å². The third kappa shape index (κ3) is 1.18. The summed E-state index contributed by atoms with van der Waals surface area (Å²) < 4.78 is 0. The molecule has 0 aromatic rings. The van der Waals surface area contributed by atoms with E-state index in [9.17, 15) is 0 Å². The minimum Gasteiger partial charge on any atom is -0.311 e. The number of hydrogen-bond acceptors (Lipinski definition) is 2. The van der Waals surface area contributed by atoms with Crippen molar-refractivity contribution in [1.29, 1.82) is 0 Å². The highest BCUT2D eigenvalue weighted by Crippen LogP contribution is 2.25. The summed E-state index contributed by atoms with van der Waals surface area (Å²) in [7, 11) is 0. The van der Waals surface area contributed by atoms with Crippen LogP contribution in [-0.4, -0.2) is 24.7 Å². The Morgan fingerprint density at radius 3 is 3.00 bits per heavy atom. The Hall–Kier alpha value is -0.0800. The second kappa shape index (κ2) is 2.51. The van der Waals surface area contributed by atoms with Gasteiger partial charge in [-0.05, 0) is 12.8 Å². The van der Waals surface area contributed by atoms with Crippen molar-refractivity contribution in [2.45, 2.75) is 44.3 Å². The van der Waals surface area contributed by atoms with E-state index >= 15 is 0 Å². The van der Waals surface area contributed by atoms with Crippen LogP contribution in [0.25, 0.3) is 0 Å². The number of hydrogen-bond donors (Lipinski definition) is 2. The first-order valence-corrected chi connectivity index (χ1v) is 4.39. The number of nitrogens with one attached hydrogen (secondary N) is 2. The molecule has 2 N–H and O–H groups in total. The lowest BCUT2D eigenvalue weighted by Crippen LogP contribution is -2.48. The predicted molar refractivity (Wildman–Crippen MR) is 42.0 cm³/mol. The van der Waals surface area contributed by atoms with Crippen LogP contribution in [0.3, 0.4) is 0 Å². The van der Waals surface area contributed by atoms with E-state index in [2.05, 4.69) is 17.6 Å². The molecule has 1 saturated carbocycles. The molecular formula is C8H16N2. The van der Waals surface area contributed by atoms with Crippen molar-refractivity contribution in [3.63, 3.8) is 0 Å². The topological polar surface area (TPSA) is 24.1 Å². The zero-order valence-corrected chi connectivity index (χ0v) is 6.56. The maximum atomic E-state index is 3.63. The van der Waals surface area contributed by atoms with Crippen LogP contribution in [0.1, 0.15) is 26.2 Å². The summed E-state index contributed by atoms with van der Waals surface area (Å²) in [6.07, 6.45) is 3.99. The molecule has 3 unspecified atom stereocenters. The average molecular weight is 140 g/mol. The van der Waals surface area contributed by atoms with Gasteiger partial charge in [0.1, 0.15) is 0 Å². The largest absolute Gasteiger partial charge is 0.311 e. The van der Waals surface area contributed by atoms with Crippen LogP contribution in [0.15, 0.2) is 0 Å². The maximum Gasteiger partial charge on any atom is 0.0240 e. The molecule has 1 saturated heterocycles. The summed E-state index contributed by atoms with van der Waals surface area (Å²) >= 11 is 0. The predicted octanol–water partition coefficient (Wildman–Crippen LogP) is 0.489. The van der Waals surface area contributed by atoms with Crippen molar-refractivity contribution >= 4 is 0 Å². The van der Waals surface area contributed by atoms with E-state index in [1.54, 1.807) is 0 Å². The molecule has 10 heavy (non-hydrogen) atoms. The molecule has 2 heteroatoms. The summed E-state index contributed by atoms with van der Waals surface area (Å²) in [6, 6.07) is 2.41. The van der Waals surface area contributed by atoms with Gasteiger partial charge in [0.05, 0.1) is 0 Å². The number of rotatable bonds is 2. The maximum absolute atomic E-state index is 3.63. The van der Waals surface area contributed by atoms with Crippen molar-refractivity contribution in [2.24, 2.45) is 0 Å². The quantitative estimate of drug-likeness (QED) is 0.583. The van der Waals surface area contributed by atoms with Gasteiger partial charge < -0.3 is 10.6 Å². The second-order valence-corrected chi connectivity index (χ2v) is 3.51. The van der Waals surface area contributed by atoms with E-state index in [1.807, 2.05) is 0 Å². The number of fused-ring (bicyclic) bond motifs is 1. The fourth-order valence-corrected chi connectivity index (χ4v) is 1.79. The lowest BCUT2D eigenvalue weighted by molar-refractivity contribution is 0.392. The Labute approximate surface area is 62.4 Å². The SMILES string of the molecule is CCCC1CNC2CC2N1. The smallest absolute Gasteiger partial charge is 0.0240 e. The molecule has 0 amide bonds. The standard InChI is InChI=1S/C8H16N2/c1-2-3-6-5-9-7-4-8(7)10-6/h6-10H,2-5H2,1H3. The minimum absolute atomic E-state index is 0.758. The number of piperazine rings is 1. The highest BCUT2D eigenvalue weighted by molar-refractivity contribution is 5.05. The summed E-state index contributed by atoms with van der Waals surface area (Å²) in [5.74, 6) is 0. The Kier molecular flexibility index (Phi) is 1.66. The Balaban J connectivity index is 1.77. The van der Waals surface area contributed by atoms with E-state index in [-0.39, 0.29) is 0 Å². The van der Waals surface area contributed by atoms with Gasteiger partial charge in [-0.2, -0.15) is 0 Å². The van der Waals surface area contributed by atoms with Crippen LogP contribution in [-0.2, 0) is 0 Å². The van der Waals surface area contributed by atoms with Gasteiger partial charge in [-0.1, -0.05) is 13.3 Å². The van der Waals surface area contributed by atoms with Crippen molar-refractivity contribution in [1.82, 2.24) is 10.6 Å². The Morgan fingerprint density at radius 1 is 1.40 bits per heavy atom. The molecule has 2 aliphatic rings. The molecule has 0 radical (unpaired) electrons. The summed E-state index contributed by atoms with van der Waals surface area (Å²) in [6.45, 7) is 3.44. The fraction of sp³-hybridized carbons (Fsp3) is 1.00. The third-order valence-electron chi connectivity index (χ3n) is 2.50. The van der Waals surface area contributed by atoms with Crippen molar-refractivity contribution < 1.29 is 0 Å². The highest BCUT2D eigenvalue weighted by Gasteiger charge is 2.41. The molecule has 0 bridgehead atoms. The van der Waals surface area contributed by atoms with Crippen LogP contribution in [0.5, 0.6) is 0 Å². The third-order valence-corrected chi connectivity index (χ3v) is 2.50. The van der Waals surface area contributed by atoms with Gasteiger partial charge in [-0.3, -0.25) is 0 Å². The Morgan fingerprint density at radius 2 is 2.30 bits per heavy atom. The lowest BCUT2D eigenvalue weighted by atomic mass is 10.1. The molecular weight excluding hydrogens is 124 g/mol. The van der Waals surface area contributed by atoms with Crippen molar-refractivity contribution in [3.8, 4) is 0 Å². The molecule has 2 fully saturated rings. The molecule has 3 atom stereocenters. The monoisotopic (exact) mass is 140 g/mol. The molecule has 1 heterocycles. The molecule has 0 spiro atoms. The van der Waals surface area contributed by atoms with Crippen LogP contribution in [0.2, 0.25) is 0 Å². The summed E-state index contributed by atoms with van der Waals surface area (Å²) in [4.78, 5) is 0. The summed E-state index contributed by atoms with van der Waals surface area (Å²) in [5, 5.41) is 7.16. The molecule has 58 valence electrons. The Bertz CT molecular complexity index is 124. The molecule has 2 rings (SSSR count). The van der Waals surface area contributed by atoms with E-state index < -0.39 is 0 Å². The molecule has 0 aromatic carbocycles. The van der Waals surface area contributed by atoms with Crippen molar-refractivity contribution in [2.75, 3.05) is 6.54 Å². The van der Waals surface area contributed by atoms with E-state index in [1.165, 1.54) is 25.8 Å². The summed E-state index contributed by atoms with van der Waals surface area (Å²) in [5.41, 5.74) is 0. The first kappa shape index (κ1) is 6.62. The van der Waals surface area contributed by atoms with Gasteiger partial charge in [-0.15, -0.1) is 0 Å². The normalized spacial score (nSPS) is 44.7. The molecule has 1 aliphatic carbocycles. The van der Waals surface area contributed by atoms with Crippen LogP contribution in [0.4, 0.5) is 0 Å². The van der Waals surface area contributed by atoms with Gasteiger partial charge in [0.25, 0.3) is 0 Å². The first-order valence-electron chi connectivity index (χ1n) is 4.39. The first-order chi connectivity index (χ1) is 4.90. The van der Waals surface area contributed by atoms with Crippen LogP contribution < -0.4 is 10.6 Å². The van der Waals surface area contributed by atoms with Gasteiger partial charge in [0.15, 0.2) is 0 Å². The van der Waals surface area contributed by atoms with Gasteiger partial charge in [0.2, 0.25) is 0 Å². The lowest BCUT2D eigenvalue weighted by Gasteiger charge is -2.23. The molecule has 2 nitrogen and oxygen atoms in total. The molecule has 1 aliphatic heterocycles. The van der Waals surface area contributed by atoms with Crippen LogP contribution >= 0.6 is 0 Å². The van der Waals surface area contributed by atoms with E-state index in [0.29, 0.717) is 0 Å². The minimum atomic E-state index is 0.758. The van der Waals surface area contributed by atoms with Gasteiger partial charge in [0, 0.05) is 24.7 Å². The zero-order valence-electron chi connectivity index (χ0n) is 6.56. The van der Waals surface area contributed by atoms with Gasteiger partial charge >= 0.3 is 0 Å². The van der Waals surface area contributed by atoms with E-state index in [4.69, 9.17) is 0 Å². The van der Waals surface area contributed by atoms with Crippen LogP contribution in [0, 0.1) is 0 Å². The average Bonchev–Trinajstić information content (AvgIpc) is 2.66. The fourth-order valence-electron chi connectivity index (χ4n) is 1.79. The zero-order chi connectivity index (χ0) is 6.97. The van der Waals surface area contributed by atoms with Gasteiger partial charge in [-0.25, -0.2) is 0 Å². The second-order valence-electron chi connectivity index (χ2n) is 3.51.